The summed E-state index contributed by atoms with van der Waals surface area (Å²) in [7, 11) is 0. The Morgan fingerprint density at radius 1 is 1.07 bits per heavy atom. The Bertz CT molecular complexity index is 1360. The molecule has 4 bridgehead atoms. The minimum absolute atomic E-state index is 0.0219. The van der Waals surface area contributed by atoms with Gasteiger partial charge in [0.2, 0.25) is 0 Å². The van der Waals surface area contributed by atoms with Gasteiger partial charge in [0.25, 0.3) is 11.8 Å². The number of anilines is 3. The highest BCUT2D eigenvalue weighted by Crippen LogP contribution is 2.65. The molecule has 0 radical (unpaired) electrons. The van der Waals surface area contributed by atoms with Crippen molar-refractivity contribution in [2.24, 2.45) is 17.3 Å². The van der Waals surface area contributed by atoms with Crippen LogP contribution >= 0.6 is 11.9 Å². The van der Waals surface area contributed by atoms with Crippen molar-refractivity contribution < 1.29 is 14.3 Å². The van der Waals surface area contributed by atoms with E-state index in [2.05, 4.69) is 33.8 Å². The van der Waals surface area contributed by atoms with Crippen LogP contribution in [0.5, 0.6) is 0 Å². The zero-order valence-electron chi connectivity index (χ0n) is 24.7. The van der Waals surface area contributed by atoms with Crippen molar-refractivity contribution in [3.63, 3.8) is 0 Å². The molecule has 2 saturated carbocycles. The number of nitrogens with zero attached hydrogens (tertiary/aromatic N) is 4. The molecule has 5 heterocycles. The van der Waals surface area contributed by atoms with Gasteiger partial charge in [-0.25, -0.2) is 9.97 Å². The molecule has 4 fully saturated rings. The average Bonchev–Trinajstić information content (AvgIpc) is 3.65. The zero-order chi connectivity index (χ0) is 28.9. The minimum atomic E-state index is -0.413. The third-order valence-corrected chi connectivity index (χ3v) is 11.1. The summed E-state index contributed by atoms with van der Waals surface area (Å²) in [6.45, 7) is 7.37. The molecule has 2 unspecified atom stereocenters. The number of nitrogens with one attached hydrogen (secondary N) is 2. The van der Waals surface area contributed by atoms with Crippen LogP contribution in [-0.4, -0.2) is 59.7 Å². The molecule has 2 aliphatic carbocycles. The van der Waals surface area contributed by atoms with Gasteiger partial charge in [0, 0.05) is 50.1 Å². The highest BCUT2D eigenvalue weighted by Gasteiger charge is 2.54. The number of rotatable bonds is 5. The molecule has 10 heteroatoms. The zero-order valence-corrected chi connectivity index (χ0v) is 25.5. The van der Waals surface area contributed by atoms with E-state index in [9.17, 15) is 9.59 Å². The number of pyridine rings is 2. The highest BCUT2D eigenvalue weighted by molar-refractivity contribution is 7.97. The van der Waals surface area contributed by atoms with Crippen LogP contribution in [0, 0.1) is 17.3 Å². The summed E-state index contributed by atoms with van der Waals surface area (Å²) < 4.78 is 9.12. The lowest BCUT2D eigenvalue weighted by atomic mass is 9.69. The summed E-state index contributed by atoms with van der Waals surface area (Å²) >= 11 is 1.20. The first-order valence-corrected chi connectivity index (χ1v) is 16.5. The maximum Gasteiger partial charge on any atom is 0.265 e. The molecule has 3 aliphatic heterocycles. The van der Waals surface area contributed by atoms with E-state index in [-0.39, 0.29) is 17.4 Å². The summed E-state index contributed by atoms with van der Waals surface area (Å²) in [6.07, 6.45) is 9.90. The number of hydrogen-bond donors (Lipinski definition) is 2. The van der Waals surface area contributed by atoms with Crippen molar-refractivity contribution in [2.45, 2.75) is 88.3 Å². The second kappa shape index (κ2) is 11.0. The van der Waals surface area contributed by atoms with Gasteiger partial charge in [-0.2, -0.15) is 0 Å². The number of hydrogen-bond acceptors (Lipinski definition) is 8. The molecule has 2 aromatic heterocycles. The van der Waals surface area contributed by atoms with Gasteiger partial charge in [-0.1, -0.05) is 6.07 Å². The largest absolute Gasteiger partial charge is 0.370 e. The first-order valence-electron chi connectivity index (χ1n) is 15.7. The smallest absolute Gasteiger partial charge is 0.265 e. The molecule has 224 valence electrons. The van der Waals surface area contributed by atoms with E-state index in [1.807, 2.05) is 30.3 Å². The van der Waals surface area contributed by atoms with Gasteiger partial charge in [0.15, 0.2) is 0 Å². The third kappa shape index (κ3) is 5.36. The van der Waals surface area contributed by atoms with Gasteiger partial charge in [-0.3, -0.25) is 19.2 Å². The topological polar surface area (TPSA) is 99.7 Å². The van der Waals surface area contributed by atoms with E-state index in [0.29, 0.717) is 48.1 Å². The van der Waals surface area contributed by atoms with Crippen LogP contribution in [0.15, 0.2) is 35.4 Å². The van der Waals surface area contributed by atoms with E-state index in [4.69, 9.17) is 9.72 Å². The average molecular weight is 591 g/mol. The number of amides is 2. The van der Waals surface area contributed by atoms with Crippen LogP contribution < -0.4 is 19.8 Å². The second-order valence-corrected chi connectivity index (χ2v) is 14.3. The lowest BCUT2D eigenvalue weighted by molar-refractivity contribution is -0.127. The number of aromatic nitrogens is 2. The van der Waals surface area contributed by atoms with Crippen molar-refractivity contribution in [2.75, 3.05) is 41.4 Å². The first kappa shape index (κ1) is 28.0. The Hall–Kier alpha value is -2.85. The number of fused-ring (bicyclic) bond motifs is 6. The predicted molar refractivity (Wildman–Crippen MR) is 165 cm³/mol. The lowest BCUT2D eigenvalue weighted by Crippen LogP contribution is -2.40. The van der Waals surface area contributed by atoms with Gasteiger partial charge in [0.05, 0.1) is 5.56 Å². The molecule has 9 nitrogen and oxygen atoms in total. The normalized spacial score (nSPS) is 27.9. The van der Waals surface area contributed by atoms with Crippen LogP contribution in [0.1, 0.15) is 82.0 Å². The number of ether oxygens (including phenoxy) is 1. The molecule has 0 aromatic carbocycles. The van der Waals surface area contributed by atoms with Crippen LogP contribution in [0.25, 0.3) is 0 Å². The number of carbonyl (C=O) groups is 2. The first-order chi connectivity index (χ1) is 20.3. The molecule has 5 aliphatic rings. The highest BCUT2D eigenvalue weighted by atomic mass is 32.2. The van der Waals surface area contributed by atoms with Gasteiger partial charge in [-0.05, 0) is 107 Å². The molecular formula is C32H42N6O3S. The molecular weight excluding hydrogens is 548 g/mol. The Morgan fingerprint density at radius 2 is 1.95 bits per heavy atom. The van der Waals surface area contributed by atoms with Crippen LogP contribution in [0.3, 0.4) is 0 Å². The van der Waals surface area contributed by atoms with Crippen LogP contribution in [0.2, 0.25) is 0 Å². The molecule has 2 N–H and O–H groups in total. The predicted octanol–water partition coefficient (Wildman–Crippen LogP) is 5.43. The summed E-state index contributed by atoms with van der Waals surface area (Å²) in [4.78, 5) is 40.8. The maximum atomic E-state index is 13.6. The molecule has 42 heavy (non-hydrogen) atoms. The monoisotopic (exact) mass is 590 g/mol. The molecule has 2 aromatic rings. The minimum Gasteiger partial charge on any atom is -0.370 e. The SMILES string of the molecule is CC1(C)C[C@@H]2CCCNc3cccc(n3)SNC(=O)c3ccc(N4CCC(OCCC5CCC56CC6)C4=O)nc3N1C2. The fourth-order valence-electron chi connectivity index (χ4n) is 7.67. The summed E-state index contributed by atoms with van der Waals surface area (Å²) in [5.41, 5.74) is 0.978. The molecule has 7 rings (SSSR count). The lowest BCUT2D eigenvalue weighted by Gasteiger charge is -2.37. The van der Waals surface area contributed by atoms with Crippen molar-refractivity contribution in [1.82, 2.24) is 14.7 Å². The Kier molecular flexibility index (Phi) is 7.33. The fraction of sp³-hybridized carbons (Fsp3) is 0.625. The van der Waals surface area contributed by atoms with Crippen molar-refractivity contribution in [3.8, 4) is 0 Å². The van der Waals surface area contributed by atoms with E-state index >= 15 is 0 Å². The molecule has 2 saturated heterocycles. The quantitative estimate of drug-likeness (QED) is 0.445. The van der Waals surface area contributed by atoms with Crippen molar-refractivity contribution in [3.05, 3.63) is 35.9 Å². The van der Waals surface area contributed by atoms with E-state index < -0.39 is 6.10 Å². The Morgan fingerprint density at radius 3 is 2.76 bits per heavy atom. The van der Waals surface area contributed by atoms with Crippen LogP contribution in [-0.2, 0) is 9.53 Å². The van der Waals surface area contributed by atoms with Gasteiger partial charge in [-0.15, -0.1) is 0 Å². The molecule has 3 atom stereocenters. The summed E-state index contributed by atoms with van der Waals surface area (Å²) in [6, 6.07) is 9.43. The van der Waals surface area contributed by atoms with Gasteiger partial charge < -0.3 is 15.0 Å². The Balaban J connectivity index is 1.11. The fourth-order valence-corrected chi connectivity index (χ4v) is 8.27. The standard InChI is InChI=1S/C32H42N6O3S/c1-31(2)19-21-5-4-16-33-25-6-3-7-27(34-25)42-36-29(39)23-8-9-26(35-28(23)38(31)20-21)37-17-11-24(30(37)40)41-18-12-22-10-13-32(22)14-15-32/h3,6-9,21-22,24H,4-5,10-20H2,1-2H3,(H,33,34)(H,36,39)/t21-,22?,24?/m0/s1. The summed E-state index contributed by atoms with van der Waals surface area (Å²) in [5.74, 6) is 3.08. The maximum absolute atomic E-state index is 13.6. The number of carbonyl (C=O) groups excluding carboxylic acids is 2. The van der Waals surface area contributed by atoms with E-state index in [0.717, 1.165) is 55.5 Å². The van der Waals surface area contributed by atoms with Gasteiger partial charge in [0.1, 0.15) is 28.6 Å². The third-order valence-electron chi connectivity index (χ3n) is 10.4. The van der Waals surface area contributed by atoms with Crippen molar-refractivity contribution >= 4 is 41.2 Å². The van der Waals surface area contributed by atoms with Crippen molar-refractivity contribution in [1.29, 1.82) is 0 Å². The van der Waals surface area contributed by atoms with Gasteiger partial charge >= 0.3 is 0 Å². The Labute approximate surface area is 252 Å². The van der Waals surface area contributed by atoms with E-state index in [1.165, 1.54) is 37.6 Å². The molecule has 2 amide bonds. The van der Waals surface area contributed by atoms with Crippen LogP contribution in [0.4, 0.5) is 17.5 Å². The second-order valence-electron chi connectivity index (χ2n) is 13.5. The van der Waals surface area contributed by atoms with E-state index in [1.54, 1.807) is 4.90 Å². The summed E-state index contributed by atoms with van der Waals surface area (Å²) in [5, 5.41) is 4.14. The molecule has 1 spiro atoms.